The fourth-order valence-corrected chi connectivity index (χ4v) is 2.74. The van der Waals surface area contributed by atoms with Gasteiger partial charge < -0.3 is 15.4 Å². The molecule has 2 amide bonds. The molecule has 6 nitrogen and oxygen atoms in total. The van der Waals surface area contributed by atoms with Crippen LogP contribution in [0.5, 0.6) is 5.75 Å². The minimum Gasteiger partial charge on any atom is -0.497 e. The van der Waals surface area contributed by atoms with Gasteiger partial charge in [0.1, 0.15) is 5.75 Å². The molecule has 0 bridgehead atoms. The number of methoxy groups -OCH3 is 1. The number of ether oxygens (including phenoxy) is 1. The van der Waals surface area contributed by atoms with Crippen molar-refractivity contribution in [3.63, 3.8) is 0 Å². The zero-order valence-corrected chi connectivity index (χ0v) is 15.0. The number of urea groups is 1. The van der Waals surface area contributed by atoms with Crippen molar-refractivity contribution in [2.24, 2.45) is 0 Å². The van der Waals surface area contributed by atoms with Gasteiger partial charge in [-0.25, -0.2) is 9.48 Å². The number of hydrogen-bond acceptors (Lipinski definition) is 3. The molecule has 26 heavy (non-hydrogen) atoms. The predicted octanol–water partition coefficient (Wildman–Crippen LogP) is 3.90. The van der Waals surface area contributed by atoms with Crippen molar-refractivity contribution >= 4 is 23.3 Å². The van der Waals surface area contributed by atoms with Crippen molar-refractivity contribution in [3.05, 3.63) is 71.5 Å². The number of hydrogen-bond donors (Lipinski definition) is 2. The van der Waals surface area contributed by atoms with Gasteiger partial charge in [0.15, 0.2) is 0 Å². The number of nitrogens with one attached hydrogen (secondary N) is 2. The molecule has 7 heteroatoms. The molecule has 3 rings (SSSR count). The molecule has 0 aliphatic carbocycles. The minimum atomic E-state index is -0.276. The molecule has 3 aromatic rings. The summed E-state index contributed by atoms with van der Waals surface area (Å²) in [6.45, 7) is 0.525. The van der Waals surface area contributed by atoms with Gasteiger partial charge in [0, 0.05) is 24.6 Å². The summed E-state index contributed by atoms with van der Waals surface area (Å²) in [4.78, 5) is 12.0. The lowest BCUT2D eigenvalue weighted by molar-refractivity contribution is 0.252. The number of aromatic nitrogens is 2. The van der Waals surface area contributed by atoms with E-state index < -0.39 is 0 Å². The normalized spacial score (nSPS) is 10.4. The molecule has 0 unspecified atom stereocenters. The van der Waals surface area contributed by atoms with E-state index >= 15 is 0 Å². The highest BCUT2D eigenvalue weighted by atomic mass is 35.5. The molecule has 0 radical (unpaired) electrons. The van der Waals surface area contributed by atoms with E-state index in [4.69, 9.17) is 16.3 Å². The number of halogens is 1. The van der Waals surface area contributed by atoms with Crippen molar-refractivity contribution in [2.75, 3.05) is 19.0 Å². The first kappa shape index (κ1) is 17.8. The molecule has 0 aliphatic heterocycles. The van der Waals surface area contributed by atoms with Crippen molar-refractivity contribution in [1.82, 2.24) is 15.1 Å². The molecule has 0 aliphatic rings. The van der Waals surface area contributed by atoms with E-state index in [2.05, 4.69) is 15.7 Å². The summed E-state index contributed by atoms with van der Waals surface area (Å²) in [5.74, 6) is 0.815. The van der Waals surface area contributed by atoms with E-state index in [9.17, 15) is 4.79 Å². The molecule has 134 valence electrons. The van der Waals surface area contributed by atoms with Crippen molar-refractivity contribution in [1.29, 1.82) is 0 Å². The molecule has 0 fully saturated rings. The topological polar surface area (TPSA) is 68.2 Å². The van der Waals surface area contributed by atoms with Crippen LogP contribution >= 0.6 is 11.6 Å². The van der Waals surface area contributed by atoms with Crippen LogP contribution in [0.2, 0.25) is 5.02 Å². The first-order chi connectivity index (χ1) is 12.7. The second kappa shape index (κ2) is 8.40. The van der Waals surface area contributed by atoms with Gasteiger partial charge in [-0.15, -0.1) is 0 Å². The number of benzene rings is 2. The van der Waals surface area contributed by atoms with Crippen LogP contribution in [0.25, 0.3) is 5.69 Å². The van der Waals surface area contributed by atoms with Crippen LogP contribution in [-0.4, -0.2) is 29.5 Å². The lowest BCUT2D eigenvalue weighted by Crippen LogP contribution is -2.30. The smallest absolute Gasteiger partial charge is 0.319 e. The summed E-state index contributed by atoms with van der Waals surface area (Å²) in [5, 5.41) is 10.3. The van der Waals surface area contributed by atoms with E-state index in [1.54, 1.807) is 36.3 Å². The summed E-state index contributed by atoms with van der Waals surface area (Å²) < 4.78 is 6.79. The van der Waals surface area contributed by atoms with Gasteiger partial charge in [-0.1, -0.05) is 23.7 Å². The Morgan fingerprint density at radius 3 is 2.69 bits per heavy atom. The number of anilines is 1. The first-order valence-electron chi connectivity index (χ1n) is 8.13. The maximum atomic E-state index is 12.0. The third kappa shape index (κ3) is 4.55. The molecule has 0 spiro atoms. The Kier molecular flexibility index (Phi) is 5.76. The van der Waals surface area contributed by atoms with Crippen molar-refractivity contribution in [2.45, 2.75) is 6.42 Å². The number of amides is 2. The second-order valence-corrected chi connectivity index (χ2v) is 6.00. The molecule has 1 heterocycles. The predicted molar refractivity (Wildman–Crippen MR) is 102 cm³/mol. The zero-order chi connectivity index (χ0) is 18.4. The highest BCUT2D eigenvalue weighted by Crippen LogP contribution is 2.23. The molecular weight excluding hydrogens is 352 g/mol. The van der Waals surface area contributed by atoms with E-state index in [0.717, 1.165) is 23.4 Å². The monoisotopic (exact) mass is 370 g/mol. The molecule has 0 saturated heterocycles. The highest BCUT2D eigenvalue weighted by molar-refractivity contribution is 6.32. The Hall–Kier alpha value is -2.99. The van der Waals surface area contributed by atoms with E-state index in [-0.39, 0.29) is 6.03 Å². The van der Waals surface area contributed by atoms with Crippen LogP contribution in [0, 0.1) is 0 Å². The maximum absolute atomic E-state index is 12.0. The average molecular weight is 371 g/mol. The van der Waals surface area contributed by atoms with Gasteiger partial charge in [0.2, 0.25) is 0 Å². The fourth-order valence-electron chi connectivity index (χ4n) is 2.47. The lowest BCUT2D eigenvalue weighted by Gasteiger charge is -2.10. The van der Waals surface area contributed by atoms with Crippen LogP contribution < -0.4 is 15.4 Å². The van der Waals surface area contributed by atoms with Crippen LogP contribution in [0.1, 0.15) is 5.56 Å². The standard InChI is InChI=1S/C19H19ClN4O2/c1-26-16-6-3-14(4-7-16)9-11-21-19(25)23-15-5-8-18(17(20)13-15)24-12-2-10-22-24/h2-8,10,12-13H,9,11H2,1H3,(H2,21,23,25). The van der Waals surface area contributed by atoms with Gasteiger partial charge >= 0.3 is 6.03 Å². The number of nitrogens with zero attached hydrogens (tertiary/aromatic N) is 2. The Morgan fingerprint density at radius 2 is 2.04 bits per heavy atom. The fraction of sp³-hybridized carbons (Fsp3) is 0.158. The van der Waals surface area contributed by atoms with Gasteiger partial charge in [-0.05, 0) is 48.4 Å². The Bertz CT molecular complexity index is 864. The maximum Gasteiger partial charge on any atom is 0.319 e. The van der Waals surface area contributed by atoms with Gasteiger partial charge in [0.25, 0.3) is 0 Å². The summed E-state index contributed by atoms with van der Waals surface area (Å²) in [6, 6.07) is 14.6. The SMILES string of the molecule is COc1ccc(CCNC(=O)Nc2ccc(-n3cccn3)c(Cl)c2)cc1. The average Bonchev–Trinajstić information content (AvgIpc) is 3.17. The van der Waals surface area contributed by atoms with Crippen molar-refractivity contribution < 1.29 is 9.53 Å². The third-order valence-corrected chi connectivity index (χ3v) is 4.12. The number of rotatable bonds is 6. The van der Waals surface area contributed by atoms with Crippen LogP contribution in [0.4, 0.5) is 10.5 Å². The summed E-state index contributed by atoms with van der Waals surface area (Å²) in [6.07, 6.45) is 4.22. The molecule has 1 aromatic heterocycles. The Balaban J connectivity index is 1.50. The Labute approximate surface area is 156 Å². The summed E-state index contributed by atoms with van der Waals surface area (Å²) in [7, 11) is 1.63. The summed E-state index contributed by atoms with van der Waals surface area (Å²) >= 11 is 6.27. The van der Waals surface area contributed by atoms with E-state index in [1.165, 1.54) is 0 Å². The van der Waals surface area contributed by atoms with Gasteiger partial charge in [0.05, 0.1) is 17.8 Å². The van der Waals surface area contributed by atoms with E-state index in [0.29, 0.717) is 17.3 Å². The zero-order valence-electron chi connectivity index (χ0n) is 14.3. The van der Waals surface area contributed by atoms with Crippen molar-refractivity contribution in [3.8, 4) is 11.4 Å². The molecule has 2 N–H and O–H groups in total. The largest absolute Gasteiger partial charge is 0.497 e. The van der Waals surface area contributed by atoms with Gasteiger partial charge in [-0.3, -0.25) is 0 Å². The third-order valence-electron chi connectivity index (χ3n) is 3.82. The molecular formula is C19H19ClN4O2. The lowest BCUT2D eigenvalue weighted by atomic mass is 10.1. The first-order valence-corrected chi connectivity index (χ1v) is 8.51. The molecule has 2 aromatic carbocycles. The quantitative estimate of drug-likeness (QED) is 0.691. The highest BCUT2D eigenvalue weighted by Gasteiger charge is 2.07. The number of carbonyl (C=O) groups excluding carboxylic acids is 1. The van der Waals surface area contributed by atoms with Crippen LogP contribution in [-0.2, 0) is 6.42 Å². The number of carbonyl (C=O) groups is 1. The summed E-state index contributed by atoms with van der Waals surface area (Å²) in [5.41, 5.74) is 2.49. The minimum absolute atomic E-state index is 0.276. The second-order valence-electron chi connectivity index (χ2n) is 5.60. The Morgan fingerprint density at radius 1 is 1.23 bits per heavy atom. The van der Waals surface area contributed by atoms with Crippen LogP contribution in [0.15, 0.2) is 60.9 Å². The molecule has 0 saturated carbocycles. The van der Waals surface area contributed by atoms with Crippen LogP contribution in [0.3, 0.4) is 0 Å². The van der Waals surface area contributed by atoms with E-state index in [1.807, 2.05) is 36.4 Å². The van der Waals surface area contributed by atoms with Gasteiger partial charge in [-0.2, -0.15) is 5.10 Å². The molecule has 0 atom stereocenters.